The van der Waals surface area contributed by atoms with Gasteiger partial charge < -0.3 is 9.47 Å². The molecule has 0 amide bonds. The van der Waals surface area contributed by atoms with Crippen molar-refractivity contribution in [2.75, 3.05) is 26.4 Å². The Labute approximate surface area is 125 Å². The monoisotopic (exact) mass is 309 g/mol. The number of hydrogen-bond acceptors (Lipinski definition) is 4. The lowest BCUT2D eigenvalue weighted by Crippen LogP contribution is -2.38. The third kappa shape index (κ3) is 2.64. The molecule has 5 nitrogen and oxygen atoms in total. The van der Waals surface area contributed by atoms with Crippen LogP contribution in [0.5, 0.6) is 0 Å². The second-order valence-corrected chi connectivity index (χ2v) is 7.21. The first-order valence-corrected chi connectivity index (χ1v) is 8.45. The minimum absolute atomic E-state index is 0.100. The van der Waals surface area contributed by atoms with Gasteiger partial charge in [-0.05, 0) is 12.1 Å². The number of rotatable bonds is 5. The number of ether oxygens (including phenoxy) is 2. The Hall–Kier alpha value is -1.21. The molecule has 0 N–H and O–H groups in total. The van der Waals surface area contributed by atoms with E-state index in [1.54, 1.807) is 36.4 Å². The fourth-order valence-corrected chi connectivity index (χ4v) is 4.72. The molecule has 3 atom stereocenters. The van der Waals surface area contributed by atoms with Crippen molar-refractivity contribution in [1.29, 1.82) is 0 Å². The van der Waals surface area contributed by atoms with Crippen LogP contribution < -0.4 is 0 Å². The van der Waals surface area contributed by atoms with Gasteiger partial charge in [-0.25, -0.2) is 8.42 Å². The minimum atomic E-state index is -3.50. The van der Waals surface area contributed by atoms with Crippen LogP contribution in [0.15, 0.2) is 47.9 Å². The van der Waals surface area contributed by atoms with Crippen LogP contribution in [0, 0.1) is 5.92 Å². The molecule has 0 unspecified atom stereocenters. The average Bonchev–Trinajstić information content (AvgIpc) is 3.08. The van der Waals surface area contributed by atoms with E-state index in [2.05, 4.69) is 6.58 Å². The van der Waals surface area contributed by atoms with E-state index in [0.717, 1.165) is 0 Å². The van der Waals surface area contributed by atoms with Crippen molar-refractivity contribution < 1.29 is 17.9 Å². The maximum atomic E-state index is 12.8. The first kappa shape index (κ1) is 14.7. The zero-order valence-corrected chi connectivity index (χ0v) is 12.5. The lowest BCUT2D eigenvalue weighted by Gasteiger charge is -2.21. The van der Waals surface area contributed by atoms with E-state index >= 15 is 0 Å². The maximum absolute atomic E-state index is 12.8. The lowest BCUT2D eigenvalue weighted by molar-refractivity contribution is 0.0395. The van der Waals surface area contributed by atoms with E-state index in [9.17, 15) is 8.42 Å². The molecule has 2 saturated heterocycles. The summed E-state index contributed by atoms with van der Waals surface area (Å²) in [4.78, 5) is 0.319. The Kier molecular flexibility index (Phi) is 4.12. The molecule has 21 heavy (non-hydrogen) atoms. The molecule has 2 fully saturated rings. The predicted molar refractivity (Wildman–Crippen MR) is 78.4 cm³/mol. The van der Waals surface area contributed by atoms with Gasteiger partial charge in [0.15, 0.2) is 0 Å². The van der Waals surface area contributed by atoms with Crippen molar-refractivity contribution in [2.45, 2.75) is 17.0 Å². The van der Waals surface area contributed by atoms with Gasteiger partial charge >= 0.3 is 0 Å². The number of nitrogens with zero attached hydrogens (tertiary/aromatic N) is 1. The molecule has 6 heteroatoms. The Bertz CT molecular complexity index is 601. The van der Waals surface area contributed by atoms with Crippen molar-refractivity contribution in [3.63, 3.8) is 0 Å². The van der Waals surface area contributed by atoms with Crippen LogP contribution in [0.1, 0.15) is 0 Å². The molecular weight excluding hydrogens is 290 g/mol. The molecule has 2 heterocycles. The van der Waals surface area contributed by atoms with Gasteiger partial charge in [0, 0.05) is 12.5 Å². The first-order valence-electron chi connectivity index (χ1n) is 7.01. The van der Waals surface area contributed by atoms with E-state index in [-0.39, 0.29) is 18.1 Å². The van der Waals surface area contributed by atoms with E-state index in [1.807, 2.05) is 0 Å². The van der Waals surface area contributed by atoms with Crippen LogP contribution in [0.25, 0.3) is 0 Å². The Morgan fingerprint density at radius 3 is 2.81 bits per heavy atom. The highest BCUT2D eigenvalue weighted by Gasteiger charge is 2.50. The molecule has 3 rings (SSSR count). The quantitative estimate of drug-likeness (QED) is 0.769. The van der Waals surface area contributed by atoms with Crippen molar-refractivity contribution in [1.82, 2.24) is 4.31 Å². The number of fused-ring (bicyclic) bond motifs is 1. The summed E-state index contributed by atoms with van der Waals surface area (Å²) in [5.74, 6) is 0.100. The number of sulfonamides is 1. The van der Waals surface area contributed by atoms with E-state index < -0.39 is 10.0 Å². The van der Waals surface area contributed by atoms with Gasteiger partial charge in [-0.15, -0.1) is 6.58 Å². The smallest absolute Gasteiger partial charge is 0.243 e. The highest BCUT2D eigenvalue weighted by molar-refractivity contribution is 7.89. The molecular formula is C15H19NO4S. The number of hydrogen-bond donors (Lipinski definition) is 0. The zero-order valence-electron chi connectivity index (χ0n) is 11.7. The van der Waals surface area contributed by atoms with Crippen LogP contribution in [0.3, 0.4) is 0 Å². The van der Waals surface area contributed by atoms with Crippen molar-refractivity contribution in [3.05, 3.63) is 43.0 Å². The minimum Gasteiger partial charge on any atom is -0.379 e. The average molecular weight is 309 g/mol. The molecule has 2 aliphatic heterocycles. The second-order valence-electron chi connectivity index (χ2n) is 5.32. The highest BCUT2D eigenvalue weighted by atomic mass is 32.2. The number of benzene rings is 1. The van der Waals surface area contributed by atoms with Crippen molar-refractivity contribution in [3.8, 4) is 0 Å². The van der Waals surface area contributed by atoms with Crippen LogP contribution in [-0.4, -0.2) is 51.2 Å². The Morgan fingerprint density at radius 2 is 2.10 bits per heavy atom. The largest absolute Gasteiger partial charge is 0.379 e. The first-order chi connectivity index (χ1) is 10.1. The summed E-state index contributed by atoms with van der Waals surface area (Å²) < 4.78 is 38.3. The standard InChI is InChI=1S/C15H19NO4S/c1-2-8-20-15-9-16(14-11-19-10-13(14)15)21(17,18)12-6-4-3-5-7-12/h2-7,13-15H,1,8-11H2/t13-,14+,15-/m0/s1. The predicted octanol–water partition coefficient (Wildman–Crippen LogP) is 1.28. The summed E-state index contributed by atoms with van der Waals surface area (Å²) in [5.41, 5.74) is 0. The van der Waals surface area contributed by atoms with Crippen LogP contribution >= 0.6 is 0 Å². The normalized spacial score (nSPS) is 29.4. The van der Waals surface area contributed by atoms with Gasteiger partial charge in [0.25, 0.3) is 0 Å². The lowest BCUT2D eigenvalue weighted by atomic mass is 10.0. The molecule has 114 valence electrons. The van der Waals surface area contributed by atoms with E-state index in [0.29, 0.717) is 31.3 Å². The van der Waals surface area contributed by atoms with Gasteiger partial charge in [-0.1, -0.05) is 24.3 Å². The molecule has 2 aliphatic rings. The highest BCUT2D eigenvalue weighted by Crippen LogP contribution is 2.35. The molecule has 0 bridgehead atoms. The van der Waals surface area contributed by atoms with Gasteiger partial charge in [0.1, 0.15) is 0 Å². The molecule has 1 aromatic rings. The summed E-state index contributed by atoms with van der Waals surface area (Å²) >= 11 is 0. The van der Waals surface area contributed by atoms with Crippen LogP contribution in [0.4, 0.5) is 0 Å². The SMILES string of the molecule is C=CCO[C@H]1CN(S(=O)(=O)c2ccccc2)[C@@H]2COC[C@H]12. The van der Waals surface area contributed by atoms with Crippen LogP contribution in [-0.2, 0) is 19.5 Å². The summed E-state index contributed by atoms with van der Waals surface area (Å²) in [6, 6.07) is 8.38. The fraction of sp³-hybridized carbons (Fsp3) is 0.467. The van der Waals surface area contributed by atoms with Crippen LogP contribution in [0.2, 0.25) is 0 Å². The van der Waals surface area contributed by atoms with E-state index in [4.69, 9.17) is 9.47 Å². The Balaban J connectivity index is 1.87. The third-order valence-electron chi connectivity index (χ3n) is 4.08. The van der Waals surface area contributed by atoms with Gasteiger partial charge in [0.2, 0.25) is 10.0 Å². The Morgan fingerprint density at radius 1 is 1.33 bits per heavy atom. The van der Waals surface area contributed by atoms with Gasteiger partial charge in [0.05, 0.1) is 36.9 Å². The maximum Gasteiger partial charge on any atom is 0.243 e. The summed E-state index contributed by atoms with van der Waals surface area (Å²) in [6.45, 7) is 5.42. The van der Waals surface area contributed by atoms with Crippen molar-refractivity contribution >= 4 is 10.0 Å². The summed E-state index contributed by atoms with van der Waals surface area (Å²) in [5, 5.41) is 0. The topological polar surface area (TPSA) is 55.8 Å². The second kappa shape index (κ2) is 5.88. The molecule has 0 aromatic heterocycles. The van der Waals surface area contributed by atoms with E-state index in [1.165, 1.54) is 4.31 Å². The summed E-state index contributed by atoms with van der Waals surface area (Å²) in [7, 11) is -3.50. The molecule has 0 radical (unpaired) electrons. The molecule has 0 aliphatic carbocycles. The zero-order chi connectivity index (χ0) is 14.9. The molecule has 0 saturated carbocycles. The third-order valence-corrected chi connectivity index (χ3v) is 5.98. The molecule has 1 aromatic carbocycles. The van der Waals surface area contributed by atoms with Gasteiger partial charge in [-0.2, -0.15) is 4.31 Å². The summed E-state index contributed by atoms with van der Waals surface area (Å²) in [6.07, 6.45) is 1.55. The fourth-order valence-electron chi connectivity index (χ4n) is 3.03. The van der Waals surface area contributed by atoms with Crippen molar-refractivity contribution in [2.24, 2.45) is 5.92 Å². The van der Waals surface area contributed by atoms with Gasteiger partial charge in [-0.3, -0.25) is 0 Å². The molecule has 0 spiro atoms.